The van der Waals surface area contributed by atoms with Crippen molar-refractivity contribution in [3.63, 3.8) is 0 Å². The summed E-state index contributed by atoms with van der Waals surface area (Å²) in [5.74, 6) is 0.373. The minimum Gasteiger partial charge on any atom is -0.375 e. The van der Waals surface area contributed by atoms with E-state index in [4.69, 9.17) is 5.73 Å². The van der Waals surface area contributed by atoms with Gasteiger partial charge in [0.25, 0.3) is 10.0 Å². The number of likely N-dealkylation sites (tertiary alicyclic amines) is 1. The fourth-order valence-corrected chi connectivity index (χ4v) is 4.90. The van der Waals surface area contributed by atoms with Crippen LogP contribution in [0.15, 0.2) is 4.21 Å². The molecule has 8 heteroatoms. The van der Waals surface area contributed by atoms with Crippen LogP contribution in [0, 0.1) is 12.8 Å². The molecule has 20 heavy (non-hydrogen) atoms. The van der Waals surface area contributed by atoms with Gasteiger partial charge >= 0.3 is 0 Å². The highest BCUT2D eigenvalue weighted by atomic mass is 32.2. The van der Waals surface area contributed by atoms with Crippen LogP contribution >= 0.6 is 11.3 Å². The van der Waals surface area contributed by atoms with Crippen molar-refractivity contribution in [3.8, 4) is 0 Å². The highest BCUT2D eigenvalue weighted by Crippen LogP contribution is 2.25. The number of aromatic nitrogens is 1. The Labute approximate surface area is 124 Å². The highest BCUT2D eigenvalue weighted by Gasteiger charge is 2.27. The summed E-state index contributed by atoms with van der Waals surface area (Å²) in [5.41, 5.74) is 6.02. The van der Waals surface area contributed by atoms with E-state index >= 15 is 0 Å². The Kier molecular flexibility index (Phi) is 4.68. The lowest BCUT2D eigenvalue weighted by molar-refractivity contribution is 0.265. The Hall–Kier alpha value is -0.700. The minimum absolute atomic E-state index is 0.230. The van der Waals surface area contributed by atoms with Gasteiger partial charge in [-0.3, -0.25) is 0 Å². The van der Waals surface area contributed by atoms with Crippen molar-refractivity contribution < 1.29 is 8.42 Å². The van der Waals surface area contributed by atoms with Crippen molar-refractivity contribution in [1.82, 2.24) is 14.6 Å². The van der Waals surface area contributed by atoms with Crippen molar-refractivity contribution >= 4 is 26.5 Å². The van der Waals surface area contributed by atoms with Gasteiger partial charge in [-0.2, -0.15) is 0 Å². The summed E-state index contributed by atoms with van der Waals surface area (Å²) in [7, 11) is -3.49. The molecule has 1 saturated heterocycles. The van der Waals surface area contributed by atoms with Crippen LogP contribution in [-0.2, 0) is 10.0 Å². The maximum absolute atomic E-state index is 12.2. The summed E-state index contributed by atoms with van der Waals surface area (Å²) in [6.45, 7) is 8.45. The van der Waals surface area contributed by atoms with Crippen LogP contribution in [-0.4, -0.2) is 44.0 Å². The normalized spacial score (nSPS) is 20.9. The lowest BCUT2D eigenvalue weighted by Gasteiger charge is -2.20. The van der Waals surface area contributed by atoms with Crippen molar-refractivity contribution in [2.45, 2.75) is 37.4 Å². The molecule has 2 rings (SSSR count). The fraction of sp³-hybridized carbons (Fsp3) is 0.750. The molecule has 0 bridgehead atoms. The van der Waals surface area contributed by atoms with Gasteiger partial charge in [0, 0.05) is 19.1 Å². The van der Waals surface area contributed by atoms with Crippen molar-refractivity contribution in [1.29, 1.82) is 0 Å². The maximum Gasteiger partial charge on any atom is 0.252 e. The summed E-state index contributed by atoms with van der Waals surface area (Å²) >= 11 is 1.02. The third kappa shape index (κ3) is 3.49. The van der Waals surface area contributed by atoms with Gasteiger partial charge in [-0.25, -0.2) is 18.1 Å². The van der Waals surface area contributed by atoms with Crippen LogP contribution in [0.2, 0.25) is 0 Å². The summed E-state index contributed by atoms with van der Waals surface area (Å²) in [4.78, 5) is 6.33. The molecule has 0 amide bonds. The molecule has 1 fully saturated rings. The fourth-order valence-electron chi connectivity index (χ4n) is 2.44. The number of nitrogens with two attached hydrogens (primary N) is 1. The standard InChI is InChI=1S/C12H22N4O2S2/c1-8(2)16-5-4-10(7-16)6-14-20(17,18)11-9(3)15-12(13)19-11/h8,10,14H,4-7H2,1-3H3,(H2,13,15). The smallest absolute Gasteiger partial charge is 0.252 e. The molecule has 0 saturated carbocycles. The van der Waals surface area contributed by atoms with Crippen LogP contribution in [0.1, 0.15) is 26.0 Å². The lowest BCUT2D eigenvalue weighted by atomic mass is 10.1. The van der Waals surface area contributed by atoms with Gasteiger partial charge in [-0.05, 0) is 39.7 Å². The van der Waals surface area contributed by atoms with Crippen LogP contribution in [0.5, 0.6) is 0 Å². The second-order valence-corrected chi connectivity index (χ2v) is 8.51. The number of nitrogen functional groups attached to an aromatic ring is 1. The largest absolute Gasteiger partial charge is 0.375 e. The summed E-state index contributed by atoms with van der Waals surface area (Å²) in [5, 5.41) is 0.287. The van der Waals surface area contributed by atoms with Crippen molar-refractivity contribution in [3.05, 3.63) is 5.69 Å². The van der Waals surface area contributed by atoms with Gasteiger partial charge in [0.1, 0.15) is 0 Å². The van der Waals surface area contributed by atoms with E-state index in [1.54, 1.807) is 6.92 Å². The predicted octanol–water partition coefficient (Wildman–Crippen LogP) is 1.04. The van der Waals surface area contributed by atoms with Gasteiger partial charge in [0.05, 0.1) is 5.69 Å². The Bertz CT molecular complexity index is 568. The first-order valence-corrected chi connectivity index (χ1v) is 9.06. The molecule has 1 aromatic heterocycles. The molecule has 0 aliphatic carbocycles. The van der Waals surface area contributed by atoms with Gasteiger partial charge in [-0.15, -0.1) is 0 Å². The Morgan fingerprint density at radius 1 is 1.55 bits per heavy atom. The van der Waals surface area contributed by atoms with Crippen LogP contribution in [0.25, 0.3) is 0 Å². The summed E-state index contributed by atoms with van der Waals surface area (Å²) in [6.07, 6.45) is 1.03. The number of sulfonamides is 1. The zero-order valence-electron chi connectivity index (χ0n) is 12.1. The second-order valence-electron chi connectivity index (χ2n) is 5.52. The number of rotatable bonds is 5. The summed E-state index contributed by atoms with van der Waals surface area (Å²) < 4.78 is 27.4. The monoisotopic (exact) mass is 318 g/mol. The van der Waals surface area contributed by atoms with E-state index < -0.39 is 10.0 Å². The quantitative estimate of drug-likeness (QED) is 0.847. The van der Waals surface area contributed by atoms with E-state index in [2.05, 4.69) is 28.5 Å². The summed E-state index contributed by atoms with van der Waals surface area (Å²) in [6, 6.07) is 0.514. The predicted molar refractivity (Wildman–Crippen MR) is 81.3 cm³/mol. The average molecular weight is 318 g/mol. The topological polar surface area (TPSA) is 88.3 Å². The van der Waals surface area contributed by atoms with E-state index in [0.717, 1.165) is 30.8 Å². The molecule has 6 nitrogen and oxygen atoms in total. The zero-order valence-corrected chi connectivity index (χ0v) is 13.7. The molecule has 1 unspecified atom stereocenters. The first kappa shape index (κ1) is 15.7. The van der Waals surface area contributed by atoms with E-state index in [-0.39, 0.29) is 9.34 Å². The molecule has 0 aromatic carbocycles. The molecule has 0 radical (unpaired) electrons. The highest BCUT2D eigenvalue weighted by molar-refractivity contribution is 7.91. The number of hydrogen-bond acceptors (Lipinski definition) is 6. The Balaban J connectivity index is 1.95. The molecule has 1 atom stereocenters. The SMILES string of the molecule is Cc1nc(N)sc1S(=O)(=O)NCC1CCN(C(C)C)C1. The maximum atomic E-state index is 12.2. The molecule has 1 aliphatic rings. The number of hydrogen-bond donors (Lipinski definition) is 2. The first-order chi connectivity index (χ1) is 9.29. The molecular formula is C12H22N4O2S2. The third-order valence-electron chi connectivity index (χ3n) is 3.62. The second kappa shape index (κ2) is 5.97. The van der Waals surface area contributed by atoms with E-state index in [1.807, 2.05) is 0 Å². The number of anilines is 1. The van der Waals surface area contributed by atoms with Crippen LogP contribution in [0.4, 0.5) is 5.13 Å². The molecular weight excluding hydrogens is 296 g/mol. The molecule has 1 aliphatic heterocycles. The molecule has 3 N–H and O–H groups in total. The Morgan fingerprint density at radius 3 is 2.75 bits per heavy atom. The number of nitrogens with zero attached hydrogens (tertiary/aromatic N) is 2. The number of thiazole rings is 1. The molecule has 114 valence electrons. The van der Waals surface area contributed by atoms with Gasteiger partial charge < -0.3 is 10.6 Å². The number of aryl methyl sites for hydroxylation is 1. The van der Waals surface area contributed by atoms with Crippen molar-refractivity contribution in [2.24, 2.45) is 5.92 Å². The van der Waals surface area contributed by atoms with E-state index in [0.29, 0.717) is 24.2 Å². The average Bonchev–Trinajstić information content (AvgIpc) is 2.93. The van der Waals surface area contributed by atoms with Gasteiger partial charge in [0.2, 0.25) is 0 Å². The van der Waals surface area contributed by atoms with E-state index in [9.17, 15) is 8.42 Å². The Morgan fingerprint density at radius 2 is 2.25 bits per heavy atom. The minimum atomic E-state index is -3.49. The van der Waals surface area contributed by atoms with Crippen LogP contribution < -0.4 is 10.5 Å². The lowest BCUT2D eigenvalue weighted by Crippen LogP contribution is -2.33. The van der Waals surface area contributed by atoms with Crippen molar-refractivity contribution in [2.75, 3.05) is 25.4 Å². The first-order valence-electron chi connectivity index (χ1n) is 6.76. The zero-order chi connectivity index (χ0) is 14.9. The van der Waals surface area contributed by atoms with E-state index in [1.165, 1.54) is 0 Å². The van der Waals surface area contributed by atoms with Crippen LogP contribution in [0.3, 0.4) is 0 Å². The molecule has 2 heterocycles. The third-order valence-corrected chi connectivity index (χ3v) is 6.64. The molecule has 1 aromatic rings. The van der Waals surface area contributed by atoms with Gasteiger partial charge in [-0.1, -0.05) is 11.3 Å². The van der Waals surface area contributed by atoms with Gasteiger partial charge in [0.15, 0.2) is 9.34 Å². The molecule has 0 spiro atoms. The number of nitrogens with one attached hydrogen (secondary N) is 1.